The minimum atomic E-state index is -2.06. The maximum Gasteiger partial charge on any atom is 0.343 e. The van der Waals surface area contributed by atoms with E-state index in [1.807, 2.05) is 50.2 Å². The van der Waals surface area contributed by atoms with Crippen molar-refractivity contribution in [3.05, 3.63) is 209 Å². The van der Waals surface area contributed by atoms with Crippen molar-refractivity contribution in [1.29, 1.82) is 0 Å². The summed E-state index contributed by atoms with van der Waals surface area (Å²) < 4.78 is 55.6. The van der Waals surface area contributed by atoms with Crippen molar-refractivity contribution in [2.24, 2.45) is 11.0 Å². The van der Waals surface area contributed by atoms with Gasteiger partial charge in [-0.05, 0) is 134 Å². The molecule has 0 saturated carbocycles. The van der Waals surface area contributed by atoms with Crippen molar-refractivity contribution in [3.8, 4) is 11.4 Å². The molecule has 540 valence electrons. The van der Waals surface area contributed by atoms with Gasteiger partial charge in [0.25, 0.3) is 11.5 Å². The number of nitrogens with zero attached hydrogens (tertiary/aromatic N) is 5. The molecule has 0 fully saturated rings. The fourth-order valence-corrected chi connectivity index (χ4v) is 13.4. The summed E-state index contributed by atoms with van der Waals surface area (Å²) in [4.78, 5) is 91.9. The summed E-state index contributed by atoms with van der Waals surface area (Å²) in [5, 5.41) is 31.6. The number of carbonyl (C=O) groups is 5. The number of cyclic esters (lactones) is 1. The number of azide groups is 1. The summed E-state index contributed by atoms with van der Waals surface area (Å²) in [7, 11) is 0. The molecular formula is C77H91FN10O14. The molecule has 4 heterocycles. The number of aromatic nitrogens is 2. The molecule has 2 aromatic heterocycles. The Morgan fingerprint density at radius 1 is 0.755 bits per heavy atom. The number of fused-ring (bicyclic) bond motifs is 5. The van der Waals surface area contributed by atoms with Gasteiger partial charge < -0.3 is 64.1 Å². The number of rotatable bonds is 39. The lowest BCUT2D eigenvalue weighted by atomic mass is 9.76. The third-order valence-corrected chi connectivity index (χ3v) is 18.9. The lowest BCUT2D eigenvalue weighted by Crippen LogP contribution is -2.54. The van der Waals surface area contributed by atoms with Crippen LogP contribution in [0.5, 0.6) is 0 Å². The highest BCUT2D eigenvalue weighted by molar-refractivity contribution is 6.00. The van der Waals surface area contributed by atoms with Gasteiger partial charge in [-0.3, -0.25) is 29.3 Å². The first-order chi connectivity index (χ1) is 49.5. The van der Waals surface area contributed by atoms with Gasteiger partial charge in [0.15, 0.2) is 5.60 Å². The molecule has 2 aliphatic heterocycles. The number of halogens is 1. The summed E-state index contributed by atoms with van der Waals surface area (Å²) in [5.74, 6) is -3.58. The predicted molar refractivity (Wildman–Crippen MR) is 381 cm³/mol. The van der Waals surface area contributed by atoms with Crippen molar-refractivity contribution in [1.82, 2.24) is 30.8 Å². The van der Waals surface area contributed by atoms with Crippen molar-refractivity contribution in [3.63, 3.8) is 0 Å². The topological polar surface area (TPSA) is 314 Å². The molecule has 3 aliphatic rings. The Balaban J connectivity index is 0.776. The average Bonchev–Trinajstić information content (AvgIpc) is 1.52. The van der Waals surface area contributed by atoms with Gasteiger partial charge in [-0.2, -0.15) is 0 Å². The summed E-state index contributed by atoms with van der Waals surface area (Å²) in [6.07, 6.45) is 2.06. The highest BCUT2D eigenvalue weighted by Crippen LogP contribution is 2.46. The van der Waals surface area contributed by atoms with Gasteiger partial charge in [-0.15, -0.1) is 0 Å². The summed E-state index contributed by atoms with van der Waals surface area (Å²) in [6.45, 7) is 13.6. The molecule has 0 saturated heterocycles. The van der Waals surface area contributed by atoms with Crippen molar-refractivity contribution in [2.75, 3.05) is 97.7 Å². The predicted octanol–water partition coefficient (Wildman–Crippen LogP) is 9.37. The van der Waals surface area contributed by atoms with Crippen LogP contribution in [0.4, 0.5) is 10.1 Å². The molecular weight excluding hydrogens is 1310 g/mol. The maximum atomic E-state index is 15.7. The number of anilines is 1. The molecule has 4 atom stereocenters. The normalized spacial score (nSPS) is 15.7. The number of hydrogen-bond acceptors (Lipinski definition) is 17. The van der Waals surface area contributed by atoms with Crippen molar-refractivity contribution in [2.45, 2.75) is 122 Å². The number of carbonyl (C=O) groups excluding carboxylic acids is 5. The van der Waals surface area contributed by atoms with Gasteiger partial charge >= 0.3 is 5.97 Å². The smallest absolute Gasteiger partial charge is 0.343 e. The number of esters is 1. The second-order valence-electron chi connectivity index (χ2n) is 25.9. The van der Waals surface area contributed by atoms with Gasteiger partial charge in [0.05, 0.1) is 120 Å². The fourth-order valence-electron chi connectivity index (χ4n) is 13.4. The molecule has 7 aromatic rings. The van der Waals surface area contributed by atoms with Crippen molar-refractivity contribution >= 4 is 46.2 Å². The monoisotopic (exact) mass is 1400 g/mol. The van der Waals surface area contributed by atoms with E-state index in [9.17, 15) is 33.9 Å². The molecule has 1 aliphatic carbocycles. The SMILES string of the molecule is CC[C@@]1(O)C(=O)OCc2c1cc1n(c2=O)Cc2c-1nc1cc(F)c(C)c3c1c2[C@@H](NC(=O)c1ccc(NC(=O)[C@H](CCCCNC(c2ccccc2)(c2ccccc2)c2ccc(C)cc2)NC(=O)[C@@H](NC(=O)CCOCCOCCOCCOCCOCCOCCN=[N+]=[N-])C(C)C)cc1)CC3. The Bertz CT molecular complexity index is 4140. The van der Waals surface area contributed by atoms with Gasteiger partial charge in [-0.1, -0.05) is 116 Å². The second-order valence-corrected chi connectivity index (χ2v) is 25.9. The number of aliphatic hydroxyl groups is 1. The van der Waals surface area contributed by atoms with Crippen LogP contribution >= 0.6 is 0 Å². The molecule has 0 unspecified atom stereocenters. The Kier molecular flexibility index (Phi) is 26.6. The van der Waals surface area contributed by atoms with Crippen LogP contribution in [0.25, 0.3) is 32.7 Å². The van der Waals surface area contributed by atoms with Crippen LogP contribution in [-0.4, -0.2) is 149 Å². The van der Waals surface area contributed by atoms with E-state index < -0.39 is 70.2 Å². The van der Waals surface area contributed by atoms with Crippen LogP contribution in [-0.2, 0) is 83.0 Å². The van der Waals surface area contributed by atoms with E-state index in [-0.39, 0.29) is 81.4 Å². The molecule has 25 heteroatoms. The summed E-state index contributed by atoms with van der Waals surface area (Å²) in [5.41, 5.74) is 13.9. The number of hydrogen-bond donors (Lipinski definition) is 6. The number of nitrogens with one attached hydrogen (secondary N) is 5. The molecule has 0 bridgehead atoms. The lowest BCUT2D eigenvalue weighted by molar-refractivity contribution is -0.172. The Hall–Kier alpha value is -9.27. The van der Waals surface area contributed by atoms with Crippen LogP contribution in [0.15, 0.2) is 131 Å². The van der Waals surface area contributed by atoms with Gasteiger partial charge in [0.1, 0.15) is 24.5 Å². The number of pyridine rings is 2. The Labute approximate surface area is 592 Å². The summed E-state index contributed by atoms with van der Waals surface area (Å²) in [6, 6.07) is 35.7. The van der Waals surface area contributed by atoms with Crippen LogP contribution < -0.4 is 32.1 Å². The Morgan fingerprint density at radius 3 is 1.95 bits per heavy atom. The number of ether oxygens (including phenoxy) is 7. The minimum Gasteiger partial charge on any atom is -0.458 e. The molecule has 0 radical (unpaired) electrons. The van der Waals surface area contributed by atoms with E-state index in [2.05, 4.69) is 92.1 Å². The third kappa shape index (κ3) is 18.0. The van der Waals surface area contributed by atoms with E-state index in [0.29, 0.717) is 136 Å². The molecule has 24 nitrogen and oxygen atoms in total. The first-order valence-corrected chi connectivity index (χ1v) is 35.0. The number of benzene rings is 5. The average molecular weight is 1400 g/mol. The first-order valence-electron chi connectivity index (χ1n) is 35.0. The van der Waals surface area contributed by atoms with Crippen LogP contribution in [0.1, 0.15) is 131 Å². The van der Waals surface area contributed by atoms with Gasteiger partial charge in [0.2, 0.25) is 17.7 Å². The number of unbranched alkanes of at least 4 members (excludes halogenated alkanes) is 1. The zero-order valence-corrected chi connectivity index (χ0v) is 58.5. The van der Waals surface area contributed by atoms with E-state index in [1.54, 1.807) is 44.2 Å². The third-order valence-electron chi connectivity index (χ3n) is 18.9. The molecule has 4 amide bonds. The molecule has 10 rings (SSSR count). The molecule has 102 heavy (non-hydrogen) atoms. The van der Waals surface area contributed by atoms with E-state index in [1.165, 1.54) is 10.6 Å². The highest BCUT2D eigenvalue weighted by Gasteiger charge is 2.46. The molecule has 6 N–H and O–H groups in total. The van der Waals surface area contributed by atoms with Crippen molar-refractivity contribution < 1.29 is 66.6 Å². The van der Waals surface area contributed by atoms with Crippen LogP contribution in [0, 0.1) is 25.6 Å². The largest absolute Gasteiger partial charge is 0.458 e. The highest BCUT2D eigenvalue weighted by atomic mass is 19.1. The molecule has 5 aromatic carbocycles. The quantitative estimate of drug-likeness (QED) is 0.00522. The van der Waals surface area contributed by atoms with Crippen LogP contribution in [0.3, 0.4) is 0 Å². The standard InChI is InChI=1S/C77H91FN10O14/c1-6-76(95)60-45-65-70-58(47-88(65)74(93)59(60)48-102-75(76)94)68-62(29-28-57-51(5)61(78)46-64(83-70)67(57)68)84-71(90)52-22-26-56(27-23-52)82-72(91)63(19-13-14-31-80-77(53-15-9-7-10-16-53,54-17-11-8-12-18-54)55-24-20-50(4)21-25-55)85-73(92)69(49(2)3)86-66(89)30-33-96-35-37-98-39-41-100-43-44-101-42-40-99-38-36-97-34-32-81-87-79/h7-12,15-18,20-27,45-46,49,62-63,69,80,95H,6,13-14,19,28-44,47-48H2,1-5H3,(H,82,91)(H,84,90)(H,85,92)(H,86,89)/t62-,63-,69-,76-/m0/s1. The zero-order chi connectivity index (χ0) is 72.2. The molecule has 0 spiro atoms. The van der Waals surface area contributed by atoms with E-state index in [4.69, 9.17) is 43.7 Å². The maximum absolute atomic E-state index is 15.7. The minimum absolute atomic E-state index is 0.0326. The van der Waals surface area contributed by atoms with Gasteiger partial charge in [-0.25, -0.2) is 14.2 Å². The second kappa shape index (κ2) is 36.0. The number of amides is 4. The lowest BCUT2D eigenvalue weighted by Gasteiger charge is -2.37. The van der Waals surface area contributed by atoms with E-state index in [0.717, 1.165) is 27.8 Å². The first kappa shape index (κ1) is 75.4. The number of aryl methyl sites for hydroxylation is 2. The van der Waals surface area contributed by atoms with Gasteiger partial charge in [0, 0.05) is 51.7 Å². The fraction of sp³-hybridized carbons (Fsp3) is 0.442. The van der Waals surface area contributed by atoms with E-state index >= 15 is 4.39 Å². The van der Waals surface area contributed by atoms with Crippen LogP contribution in [0.2, 0.25) is 0 Å². The Morgan fingerprint density at radius 2 is 1.35 bits per heavy atom. The zero-order valence-electron chi connectivity index (χ0n) is 58.5. The summed E-state index contributed by atoms with van der Waals surface area (Å²) >= 11 is 0.